The average Bonchev–Trinajstić information content (AvgIpc) is 3.39. The highest BCUT2D eigenvalue weighted by Crippen LogP contribution is 2.45. The zero-order valence-electron chi connectivity index (χ0n) is 25.2. The number of likely N-dealkylation sites (tertiary alicyclic amines) is 1. The molecule has 2 aromatic carbocycles. The zero-order valence-corrected chi connectivity index (χ0v) is 29.9. The van der Waals surface area contributed by atoms with Crippen LogP contribution in [-0.2, 0) is 23.9 Å². The molecule has 0 radical (unpaired) electrons. The van der Waals surface area contributed by atoms with Crippen molar-refractivity contribution in [2.75, 3.05) is 18.5 Å². The summed E-state index contributed by atoms with van der Waals surface area (Å²) in [5.41, 5.74) is 1.10. The van der Waals surface area contributed by atoms with Gasteiger partial charge in [0.1, 0.15) is 23.6 Å². The third kappa shape index (κ3) is 9.45. The van der Waals surface area contributed by atoms with Crippen LogP contribution in [0.4, 0.5) is 5.69 Å². The molecular formula is C30H31Cl3N4O6S3. The topological polar surface area (TPSA) is 127 Å². The summed E-state index contributed by atoms with van der Waals surface area (Å²) in [6.45, 7) is 9.96. The van der Waals surface area contributed by atoms with E-state index in [1.54, 1.807) is 52.0 Å². The lowest BCUT2D eigenvalue weighted by Crippen LogP contribution is -2.73. The number of thiazole rings is 1. The molecule has 246 valence electrons. The third-order valence-corrected chi connectivity index (χ3v) is 10.6. The summed E-state index contributed by atoms with van der Waals surface area (Å²) < 4.78 is 10.5. The number of aromatic nitrogens is 1. The van der Waals surface area contributed by atoms with Crippen molar-refractivity contribution in [2.45, 2.75) is 58.9 Å². The van der Waals surface area contributed by atoms with Crippen LogP contribution in [0.1, 0.15) is 38.1 Å². The highest BCUT2D eigenvalue weighted by molar-refractivity contribution is 8.77. The van der Waals surface area contributed by atoms with Gasteiger partial charge in [0.2, 0.25) is 15.6 Å². The number of para-hydroxylation sites is 2. The van der Waals surface area contributed by atoms with E-state index in [4.69, 9.17) is 44.3 Å². The number of fused-ring (bicyclic) bond motifs is 1. The number of anilines is 1. The number of rotatable bonds is 12. The number of carbonyl (C=O) groups excluding carboxylic acids is 4. The van der Waals surface area contributed by atoms with Crippen LogP contribution in [0.3, 0.4) is 0 Å². The molecule has 0 saturated carbocycles. The standard InChI is InChI=1S/C30H31Cl3N4O6S3/c1-16(2)23(27(41)42-15-30(31,32)33)37-24(39)22(25(37)45-46-28-35-19-12-8-9-13-20(19)44-28)36-21(38)14-34-18-11-7-6-10-17(18)26(40)43-29(3,4)5/h6-13,22-23,25,34H,1,14-15H2,2-5H3,(H,36,38). The van der Waals surface area contributed by atoms with E-state index in [-0.39, 0.29) is 12.1 Å². The maximum atomic E-state index is 13.5. The van der Waals surface area contributed by atoms with Crippen molar-refractivity contribution >= 4 is 107 Å². The molecule has 1 aliphatic rings. The molecule has 0 bridgehead atoms. The lowest BCUT2D eigenvalue weighted by molar-refractivity contribution is -0.162. The molecule has 1 saturated heterocycles. The molecule has 4 rings (SSSR count). The van der Waals surface area contributed by atoms with Crippen LogP contribution in [0.5, 0.6) is 0 Å². The summed E-state index contributed by atoms with van der Waals surface area (Å²) in [7, 11) is 2.56. The third-order valence-electron chi connectivity index (χ3n) is 6.22. The van der Waals surface area contributed by atoms with Crippen molar-refractivity contribution in [1.82, 2.24) is 15.2 Å². The van der Waals surface area contributed by atoms with Gasteiger partial charge in [-0.05, 0) is 68.3 Å². The highest BCUT2D eigenvalue weighted by atomic mass is 35.6. The van der Waals surface area contributed by atoms with Crippen LogP contribution >= 0.6 is 67.7 Å². The van der Waals surface area contributed by atoms with E-state index in [1.165, 1.54) is 37.8 Å². The Kier molecular flexibility index (Phi) is 11.8. The maximum absolute atomic E-state index is 13.5. The fraction of sp³-hybridized carbons (Fsp3) is 0.367. The molecule has 1 fully saturated rings. The molecule has 10 nitrogen and oxygen atoms in total. The van der Waals surface area contributed by atoms with Gasteiger partial charge in [0.05, 0.1) is 22.3 Å². The zero-order chi connectivity index (χ0) is 33.8. The summed E-state index contributed by atoms with van der Waals surface area (Å²) in [6, 6.07) is 12.1. The van der Waals surface area contributed by atoms with Crippen LogP contribution in [0.2, 0.25) is 0 Å². The lowest BCUT2D eigenvalue weighted by Gasteiger charge is -2.49. The minimum Gasteiger partial charge on any atom is -0.459 e. The van der Waals surface area contributed by atoms with Gasteiger partial charge in [-0.1, -0.05) is 76.4 Å². The van der Waals surface area contributed by atoms with Crippen molar-refractivity contribution in [1.29, 1.82) is 0 Å². The molecule has 0 aliphatic carbocycles. The molecular weight excluding hydrogens is 715 g/mol. The molecule has 3 unspecified atom stereocenters. The number of β-lactam (4-membered cyclic amide) rings is 1. The number of halogens is 3. The number of nitrogens with zero attached hydrogens (tertiary/aromatic N) is 2. The van der Waals surface area contributed by atoms with Crippen molar-refractivity contribution in [3.05, 3.63) is 66.2 Å². The second kappa shape index (κ2) is 15.0. The summed E-state index contributed by atoms with van der Waals surface area (Å²) >= 11 is 18.8. The molecule has 0 spiro atoms. The average molecular weight is 746 g/mol. The van der Waals surface area contributed by atoms with Crippen LogP contribution in [0, 0.1) is 0 Å². The van der Waals surface area contributed by atoms with E-state index in [9.17, 15) is 19.2 Å². The molecule has 3 aromatic rings. The number of alkyl halides is 3. The lowest BCUT2D eigenvalue weighted by atomic mass is 9.99. The summed E-state index contributed by atoms with van der Waals surface area (Å²) in [5.74, 6) is -2.41. The maximum Gasteiger partial charge on any atom is 0.340 e. The molecule has 2 N–H and O–H groups in total. The molecule has 16 heteroatoms. The van der Waals surface area contributed by atoms with Crippen molar-refractivity contribution in [3.63, 3.8) is 0 Å². The fourth-order valence-corrected chi connectivity index (χ4v) is 8.43. The van der Waals surface area contributed by atoms with E-state index in [0.717, 1.165) is 14.6 Å². The number of esters is 2. The minimum absolute atomic E-state index is 0.249. The number of hydrogen-bond acceptors (Lipinski definition) is 11. The van der Waals surface area contributed by atoms with Gasteiger partial charge < -0.3 is 25.0 Å². The van der Waals surface area contributed by atoms with Gasteiger partial charge in [0, 0.05) is 5.69 Å². The minimum atomic E-state index is -1.85. The second-order valence-corrected chi connectivity index (χ2v) is 17.3. The Labute approximate surface area is 293 Å². The summed E-state index contributed by atoms with van der Waals surface area (Å²) in [6.07, 6.45) is 0. The van der Waals surface area contributed by atoms with Gasteiger partial charge in [-0.3, -0.25) is 9.59 Å². The first kappa shape index (κ1) is 36.2. The molecule has 46 heavy (non-hydrogen) atoms. The molecule has 2 heterocycles. The molecule has 2 amide bonds. The SMILES string of the molecule is C=C(C)C(C(=O)OCC(Cl)(Cl)Cl)N1C(=O)C(NC(=O)CNc2ccccc2C(=O)OC(C)(C)C)C1SSc1nc2ccccc2s1. The Hall–Kier alpha value is -2.68. The molecule has 1 aliphatic heterocycles. The first-order valence-corrected chi connectivity index (χ1v) is 18.0. The van der Waals surface area contributed by atoms with Crippen molar-refractivity contribution in [2.24, 2.45) is 0 Å². The van der Waals surface area contributed by atoms with E-state index in [0.29, 0.717) is 11.3 Å². The van der Waals surface area contributed by atoms with Gasteiger partial charge in [-0.25, -0.2) is 14.6 Å². The first-order valence-electron chi connectivity index (χ1n) is 13.8. The predicted molar refractivity (Wildman–Crippen MR) is 186 cm³/mol. The van der Waals surface area contributed by atoms with Crippen molar-refractivity contribution in [3.8, 4) is 0 Å². The van der Waals surface area contributed by atoms with E-state index < -0.39 is 57.2 Å². The Bertz CT molecular complexity index is 1610. The Morgan fingerprint density at radius 3 is 2.43 bits per heavy atom. The monoisotopic (exact) mass is 744 g/mol. The van der Waals surface area contributed by atoms with E-state index in [1.807, 2.05) is 24.3 Å². The number of hydrogen-bond donors (Lipinski definition) is 2. The number of ether oxygens (including phenoxy) is 2. The first-order chi connectivity index (χ1) is 21.5. The van der Waals surface area contributed by atoms with E-state index >= 15 is 0 Å². The highest BCUT2D eigenvalue weighted by Gasteiger charge is 2.54. The Balaban J connectivity index is 1.50. The molecule has 3 atom stereocenters. The number of amides is 2. The van der Waals surface area contributed by atoms with Crippen LogP contribution in [-0.4, -0.2) is 73.6 Å². The van der Waals surface area contributed by atoms with Crippen LogP contribution in [0.15, 0.2) is 65.0 Å². The quantitative estimate of drug-likeness (QED) is 0.0687. The van der Waals surface area contributed by atoms with Crippen LogP contribution < -0.4 is 10.6 Å². The number of nitrogens with one attached hydrogen (secondary N) is 2. The van der Waals surface area contributed by atoms with Gasteiger partial charge in [-0.2, -0.15) is 0 Å². The fourth-order valence-electron chi connectivity index (χ4n) is 4.31. The Morgan fingerprint density at radius 1 is 1.11 bits per heavy atom. The predicted octanol–water partition coefficient (Wildman–Crippen LogP) is 6.62. The van der Waals surface area contributed by atoms with Crippen LogP contribution in [0.25, 0.3) is 10.2 Å². The normalized spacial score (nSPS) is 17.2. The largest absolute Gasteiger partial charge is 0.459 e. The molecule has 1 aromatic heterocycles. The van der Waals surface area contributed by atoms with Gasteiger partial charge in [0.15, 0.2) is 10.4 Å². The smallest absolute Gasteiger partial charge is 0.340 e. The van der Waals surface area contributed by atoms with Crippen molar-refractivity contribution < 1.29 is 28.7 Å². The van der Waals surface area contributed by atoms with Gasteiger partial charge >= 0.3 is 11.9 Å². The van der Waals surface area contributed by atoms with E-state index in [2.05, 4.69) is 22.2 Å². The number of benzene rings is 2. The van der Waals surface area contributed by atoms with Gasteiger partial charge in [-0.15, -0.1) is 11.3 Å². The van der Waals surface area contributed by atoms with Gasteiger partial charge in [0.25, 0.3) is 0 Å². The summed E-state index contributed by atoms with van der Waals surface area (Å²) in [4.78, 5) is 58.4. The second-order valence-electron chi connectivity index (χ2n) is 11.2. The number of carbonyl (C=O) groups is 4. The summed E-state index contributed by atoms with van der Waals surface area (Å²) in [5, 5.41) is 4.99. The Morgan fingerprint density at radius 2 is 1.78 bits per heavy atom.